The van der Waals surface area contributed by atoms with Crippen LogP contribution in [-0.2, 0) is 28.9 Å². The minimum atomic E-state index is -0.717. The zero-order valence-corrected chi connectivity index (χ0v) is 33.5. The average Bonchev–Trinajstić information content (AvgIpc) is 3.22. The van der Waals surface area contributed by atoms with Crippen molar-refractivity contribution in [2.24, 2.45) is 5.92 Å². The molecule has 0 saturated heterocycles. The fourth-order valence-corrected chi connectivity index (χ4v) is 6.28. The third-order valence-corrected chi connectivity index (χ3v) is 9.21. The molecule has 2 amide bonds. The van der Waals surface area contributed by atoms with Crippen LogP contribution in [0.4, 0.5) is 0 Å². The number of hydrogen-bond acceptors (Lipinski definition) is 10. The molecule has 12 heteroatoms. The maximum absolute atomic E-state index is 12.8. The molecule has 3 N–H and O–H groups in total. The van der Waals surface area contributed by atoms with Crippen LogP contribution >= 0.6 is 0 Å². The zero-order chi connectivity index (χ0) is 40.3. The van der Waals surface area contributed by atoms with Crippen LogP contribution < -0.4 is 39.1 Å². The molecule has 0 aromatic heterocycles. The molecular formula is C44H57N3O9. The van der Waals surface area contributed by atoms with Crippen LogP contribution in [0.3, 0.4) is 0 Å². The third kappa shape index (κ3) is 14.3. The van der Waals surface area contributed by atoms with Gasteiger partial charge in [-0.25, -0.2) is 0 Å². The Kier molecular flexibility index (Phi) is 17.6. The first-order valence-electron chi connectivity index (χ1n) is 18.8. The molecule has 0 heterocycles. The van der Waals surface area contributed by atoms with E-state index in [4.69, 9.17) is 28.4 Å². The smallest absolute Gasteiger partial charge is 0.257 e. The maximum Gasteiger partial charge on any atom is 0.257 e. The second-order valence-electron chi connectivity index (χ2n) is 13.8. The number of methoxy groups -OCH3 is 4. The van der Waals surface area contributed by atoms with E-state index in [1.807, 2.05) is 79.7 Å². The van der Waals surface area contributed by atoms with Gasteiger partial charge in [-0.2, -0.15) is 0 Å². The van der Waals surface area contributed by atoms with Crippen LogP contribution in [0, 0.1) is 5.92 Å². The fourth-order valence-electron chi connectivity index (χ4n) is 6.28. The Morgan fingerprint density at radius 1 is 0.625 bits per heavy atom. The van der Waals surface area contributed by atoms with Gasteiger partial charge in [-0.1, -0.05) is 36.4 Å². The molecule has 4 aromatic rings. The topological polar surface area (TPSA) is 137 Å². The van der Waals surface area contributed by atoms with Gasteiger partial charge < -0.3 is 49.1 Å². The number of aliphatic hydroxyl groups is 1. The SMILES string of the molecule is COc1ccc(CCCc2cccc(OCC(=O)NCC(CNC(=O)COc3cccc(C(O)CCc4ccc(OC)c(OC)c4)c3)CN(C)C)c2)cc1OC. The molecule has 12 nitrogen and oxygen atoms in total. The summed E-state index contributed by atoms with van der Waals surface area (Å²) in [5, 5.41) is 16.7. The number of carbonyl (C=O) groups is 2. The Balaban J connectivity index is 1.17. The molecule has 2 unspecified atom stereocenters. The van der Waals surface area contributed by atoms with Gasteiger partial charge in [0.1, 0.15) is 11.5 Å². The van der Waals surface area contributed by atoms with Crippen LogP contribution in [0.5, 0.6) is 34.5 Å². The minimum Gasteiger partial charge on any atom is -0.493 e. The lowest BCUT2D eigenvalue weighted by Gasteiger charge is -2.22. The van der Waals surface area contributed by atoms with E-state index in [2.05, 4.69) is 16.7 Å². The average molecular weight is 772 g/mol. The zero-order valence-electron chi connectivity index (χ0n) is 33.5. The summed E-state index contributed by atoms with van der Waals surface area (Å²) in [4.78, 5) is 27.5. The normalized spacial score (nSPS) is 12.0. The monoisotopic (exact) mass is 771 g/mol. The number of benzene rings is 4. The van der Waals surface area contributed by atoms with E-state index in [1.54, 1.807) is 46.6 Å². The summed E-state index contributed by atoms with van der Waals surface area (Å²) in [6.45, 7) is 1.06. The predicted molar refractivity (Wildman–Crippen MR) is 216 cm³/mol. The van der Waals surface area contributed by atoms with E-state index in [0.29, 0.717) is 66.8 Å². The molecule has 0 aliphatic rings. The van der Waals surface area contributed by atoms with Crippen molar-refractivity contribution in [3.05, 3.63) is 107 Å². The Morgan fingerprint density at radius 3 is 1.66 bits per heavy atom. The molecule has 0 saturated carbocycles. The highest BCUT2D eigenvalue weighted by Gasteiger charge is 2.16. The van der Waals surface area contributed by atoms with Crippen molar-refractivity contribution in [2.75, 3.05) is 75.4 Å². The number of nitrogens with zero attached hydrogens (tertiary/aromatic N) is 1. The number of aliphatic hydroxyl groups excluding tert-OH is 1. The number of hydrogen-bond donors (Lipinski definition) is 3. The van der Waals surface area contributed by atoms with Crippen molar-refractivity contribution < 1.29 is 43.1 Å². The number of rotatable bonds is 24. The molecule has 56 heavy (non-hydrogen) atoms. The standard InChI is InChI=1S/C44H57N3O9/c1-47(2)28-34(26-45-43(49)29-55-36-14-8-12-31(22-36)10-7-11-32-17-20-39(51-3)41(23-32)53-5)27-46-44(50)30-56-37-15-9-13-35(25-37)38(48)19-16-33-18-21-40(52-4)42(24-33)54-6/h8-9,12-15,17-18,20-25,34,38,48H,7,10-11,16,19,26-30H2,1-6H3,(H,45,49)(H,46,50). The summed E-state index contributed by atoms with van der Waals surface area (Å²) in [5.74, 6) is 3.28. The molecule has 4 rings (SSSR count). The fraction of sp³-hybridized carbons (Fsp3) is 0.409. The van der Waals surface area contributed by atoms with E-state index in [1.165, 1.54) is 5.56 Å². The van der Waals surface area contributed by atoms with Crippen LogP contribution in [0.2, 0.25) is 0 Å². The van der Waals surface area contributed by atoms with Crippen molar-refractivity contribution in [1.82, 2.24) is 15.5 Å². The van der Waals surface area contributed by atoms with E-state index < -0.39 is 6.10 Å². The first-order valence-corrected chi connectivity index (χ1v) is 18.8. The van der Waals surface area contributed by atoms with Gasteiger partial charge in [-0.05, 0) is 117 Å². The Bertz CT molecular complexity index is 1830. The largest absolute Gasteiger partial charge is 0.493 e. The van der Waals surface area contributed by atoms with E-state index in [0.717, 1.165) is 36.1 Å². The van der Waals surface area contributed by atoms with Gasteiger partial charge in [-0.15, -0.1) is 0 Å². The van der Waals surface area contributed by atoms with Gasteiger partial charge in [0.15, 0.2) is 36.2 Å². The lowest BCUT2D eigenvalue weighted by atomic mass is 10.0. The summed E-state index contributed by atoms with van der Waals surface area (Å²) >= 11 is 0. The van der Waals surface area contributed by atoms with Gasteiger partial charge in [0, 0.05) is 25.6 Å². The second-order valence-corrected chi connectivity index (χ2v) is 13.8. The lowest BCUT2D eigenvalue weighted by molar-refractivity contribution is -0.123. The Morgan fingerprint density at radius 2 is 1.12 bits per heavy atom. The molecule has 0 radical (unpaired) electrons. The summed E-state index contributed by atoms with van der Waals surface area (Å²) < 4.78 is 33.0. The summed E-state index contributed by atoms with van der Waals surface area (Å²) in [5.41, 5.74) is 4.01. The highest BCUT2D eigenvalue weighted by molar-refractivity contribution is 5.78. The number of carbonyl (C=O) groups excluding carboxylic acids is 2. The van der Waals surface area contributed by atoms with Gasteiger partial charge in [0.05, 0.1) is 34.5 Å². The molecule has 0 aliphatic heterocycles. The molecule has 0 fully saturated rings. The molecule has 0 aliphatic carbocycles. The van der Waals surface area contributed by atoms with E-state index in [9.17, 15) is 14.7 Å². The number of aryl methyl sites for hydroxylation is 3. The van der Waals surface area contributed by atoms with Crippen LogP contribution in [-0.4, -0.2) is 97.2 Å². The molecular weight excluding hydrogens is 714 g/mol. The minimum absolute atomic E-state index is 0.0453. The van der Waals surface area contributed by atoms with Crippen molar-refractivity contribution in [3.63, 3.8) is 0 Å². The van der Waals surface area contributed by atoms with Crippen LogP contribution in [0.15, 0.2) is 84.9 Å². The van der Waals surface area contributed by atoms with Gasteiger partial charge >= 0.3 is 0 Å². The molecule has 302 valence electrons. The first-order chi connectivity index (χ1) is 27.1. The molecule has 0 bridgehead atoms. The Hall–Kier alpha value is -5.46. The Labute approximate surface area is 331 Å². The summed E-state index contributed by atoms with van der Waals surface area (Å²) in [7, 11) is 10.3. The van der Waals surface area contributed by atoms with Crippen molar-refractivity contribution in [1.29, 1.82) is 0 Å². The summed E-state index contributed by atoms with van der Waals surface area (Å²) in [6, 6.07) is 26.6. The van der Waals surface area contributed by atoms with Crippen LogP contribution in [0.1, 0.15) is 41.2 Å². The number of amides is 2. The number of ether oxygens (including phenoxy) is 6. The second kappa shape index (κ2) is 22.8. The third-order valence-electron chi connectivity index (χ3n) is 9.21. The molecule has 4 aromatic carbocycles. The summed E-state index contributed by atoms with van der Waals surface area (Å²) in [6.07, 6.45) is 3.10. The molecule has 0 spiro atoms. The first kappa shape index (κ1) is 43.3. The van der Waals surface area contributed by atoms with Crippen molar-refractivity contribution in [2.45, 2.75) is 38.2 Å². The van der Waals surface area contributed by atoms with Crippen molar-refractivity contribution >= 4 is 11.8 Å². The van der Waals surface area contributed by atoms with Gasteiger partial charge in [0.25, 0.3) is 11.8 Å². The van der Waals surface area contributed by atoms with Crippen LogP contribution in [0.25, 0.3) is 0 Å². The quantitative estimate of drug-likeness (QED) is 0.0847. The van der Waals surface area contributed by atoms with E-state index in [-0.39, 0.29) is 30.9 Å². The van der Waals surface area contributed by atoms with Gasteiger partial charge in [-0.3, -0.25) is 9.59 Å². The lowest BCUT2D eigenvalue weighted by Crippen LogP contribution is -2.43. The number of nitrogens with one attached hydrogen (secondary N) is 2. The van der Waals surface area contributed by atoms with Gasteiger partial charge in [0.2, 0.25) is 0 Å². The predicted octanol–water partition coefficient (Wildman–Crippen LogP) is 5.43. The molecule has 2 atom stereocenters. The van der Waals surface area contributed by atoms with E-state index >= 15 is 0 Å². The highest BCUT2D eigenvalue weighted by atomic mass is 16.5. The van der Waals surface area contributed by atoms with Crippen molar-refractivity contribution in [3.8, 4) is 34.5 Å². The highest BCUT2D eigenvalue weighted by Crippen LogP contribution is 2.30. The maximum atomic E-state index is 12.8.